The van der Waals surface area contributed by atoms with Gasteiger partial charge in [0.25, 0.3) is 0 Å². The largest absolute Gasteiger partial charge is 0.469 e. The van der Waals surface area contributed by atoms with Gasteiger partial charge in [0.2, 0.25) is 0 Å². The molecule has 1 unspecified atom stereocenters. The highest BCUT2D eigenvalue weighted by molar-refractivity contribution is 5.85. The molecule has 4 aliphatic carbocycles. The summed E-state index contributed by atoms with van der Waals surface area (Å²) in [7, 11) is 1.50. The van der Waals surface area contributed by atoms with Crippen LogP contribution in [0.15, 0.2) is 0 Å². The minimum absolute atomic E-state index is 0. The number of nitrogens with two attached hydrogens (primary N) is 1. The summed E-state index contributed by atoms with van der Waals surface area (Å²) >= 11 is 0. The average Bonchev–Trinajstić information content (AvgIpc) is 3.16. The van der Waals surface area contributed by atoms with E-state index in [9.17, 15) is 14.7 Å². The van der Waals surface area contributed by atoms with Gasteiger partial charge in [0.1, 0.15) is 6.10 Å². The average molecular weight is 595 g/mol. The van der Waals surface area contributed by atoms with E-state index in [1.807, 2.05) is 0 Å². The molecule has 0 heterocycles. The molecule has 39 heavy (non-hydrogen) atoms. The van der Waals surface area contributed by atoms with E-state index in [1.165, 1.54) is 7.11 Å². The number of aliphatic hydroxyl groups excluding tert-OH is 1. The van der Waals surface area contributed by atoms with Crippen molar-refractivity contribution in [3.8, 4) is 0 Å². The van der Waals surface area contributed by atoms with Crippen molar-refractivity contribution in [1.82, 2.24) is 10.2 Å². The molecule has 0 aromatic carbocycles. The number of methoxy groups -OCH3 is 1. The van der Waals surface area contributed by atoms with Crippen LogP contribution in [0.25, 0.3) is 0 Å². The van der Waals surface area contributed by atoms with Crippen LogP contribution in [0.5, 0.6) is 0 Å². The number of amides is 1. The van der Waals surface area contributed by atoms with Crippen molar-refractivity contribution in [2.45, 2.75) is 103 Å². The number of nitrogens with one attached hydrogen (secondary N) is 1. The van der Waals surface area contributed by atoms with Crippen molar-refractivity contribution >= 4 is 36.9 Å². The summed E-state index contributed by atoms with van der Waals surface area (Å²) in [4.78, 5) is 27.3. The van der Waals surface area contributed by atoms with Crippen LogP contribution in [-0.2, 0) is 14.3 Å². The van der Waals surface area contributed by atoms with Gasteiger partial charge in [-0.05, 0) is 99.5 Å². The molecule has 0 radical (unpaired) electrons. The Morgan fingerprint density at radius 3 is 2.36 bits per heavy atom. The van der Waals surface area contributed by atoms with E-state index in [1.54, 1.807) is 0 Å². The lowest BCUT2D eigenvalue weighted by atomic mass is 9.42. The smallest absolute Gasteiger partial charge is 0.407 e. The van der Waals surface area contributed by atoms with Gasteiger partial charge in [-0.1, -0.05) is 27.7 Å². The second-order valence-electron chi connectivity index (χ2n) is 12.9. The quantitative estimate of drug-likeness (QED) is 0.354. The van der Waals surface area contributed by atoms with Crippen molar-refractivity contribution < 1.29 is 24.2 Å². The van der Waals surface area contributed by atoms with Crippen LogP contribution in [0.4, 0.5) is 4.79 Å². The number of esters is 1. The molecule has 4 rings (SSSR count). The van der Waals surface area contributed by atoms with E-state index >= 15 is 0 Å². The number of carbonyl (C=O) groups is 2. The molecule has 4 aliphatic rings. The molecule has 1 amide bonds. The Balaban J connectivity index is 0.00000267. The zero-order valence-electron chi connectivity index (χ0n) is 24.6. The summed E-state index contributed by atoms with van der Waals surface area (Å²) in [5.74, 6) is 1.30. The van der Waals surface area contributed by atoms with E-state index in [0.717, 1.165) is 70.9 Å². The molecule has 4 fully saturated rings. The Morgan fingerprint density at radius 2 is 1.72 bits per heavy atom. The summed E-state index contributed by atoms with van der Waals surface area (Å²) in [6.07, 6.45) is 7.69. The highest BCUT2D eigenvalue weighted by Crippen LogP contribution is 2.68. The predicted molar refractivity (Wildman–Crippen MR) is 157 cm³/mol. The van der Waals surface area contributed by atoms with Gasteiger partial charge >= 0.3 is 12.1 Å². The number of hydrogen-bond donors (Lipinski definition) is 3. The lowest BCUT2D eigenvalue weighted by Gasteiger charge is -2.64. The molecule has 0 aromatic heterocycles. The van der Waals surface area contributed by atoms with Gasteiger partial charge < -0.3 is 30.5 Å². The summed E-state index contributed by atoms with van der Waals surface area (Å²) in [5, 5.41) is 13.0. The third-order valence-electron chi connectivity index (χ3n) is 11.6. The number of hydrogen-bond acceptors (Lipinski definition) is 7. The third kappa shape index (κ3) is 6.20. The lowest BCUT2D eigenvalue weighted by molar-refractivity contribution is -0.160. The minimum atomic E-state index is -0.604. The first-order chi connectivity index (χ1) is 17.5. The maximum Gasteiger partial charge on any atom is 0.407 e. The molecule has 8 nitrogen and oxygen atoms in total. The molecule has 4 saturated carbocycles. The third-order valence-corrected chi connectivity index (χ3v) is 11.6. The topological polar surface area (TPSA) is 114 Å². The van der Waals surface area contributed by atoms with Gasteiger partial charge in [0.05, 0.1) is 19.1 Å². The fraction of sp³-hybridized carbons (Fsp3) is 0.931. The SMILES string of the molecule is CCN(CC)CC(O)CNC(=O)O[C@H]1CC[C@@]2(C)[C@H](CC[C@@H]3[C@@H]2CC[C@]2(C)[C@@H](C(=O)OC)CC[C@]32N)C1.Cl.Cl. The molecule has 9 atom stereocenters. The zero-order valence-corrected chi connectivity index (χ0v) is 26.2. The number of carbonyl (C=O) groups excluding carboxylic acids is 2. The molecule has 0 aliphatic heterocycles. The highest BCUT2D eigenvalue weighted by atomic mass is 35.5. The standard InChI is InChI=1S/C29H51N3O5.2ClH/c1-6-32(7-2)18-20(33)17-31-26(35)37-21-10-13-27(3)19(16-21)8-9-23-22(27)11-14-28(4)24(25(34)36-5)12-15-29(23,28)30;;/h19-24,33H,6-18,30H2,1-5H3,(H,31,35);2*1H/t19-,20?,21+,22+,23-,24-,27+,28-,29+;;/m1../s1. The van der Waals surface area contributed by atoms with E-state index in [4.69, 9.17) is 15.2 Å². The first kappa shape index (κ1) is 34.4. The van der Waals surface area contributed by atoms with Crippen LogP contribution >= 0.6 is 24.8 Å². The van der Waals surface area contributed by atoms with Crippen LogP contribution in [0.1, 0.15) is 85.5 Å². The van der Waals surface area contributed by atoms with Crippen LogP contribution in [0.2, 0.25) is 0 Å². The second kappa shape index (κ2) is 13.5. The first-order valence-corrected chi connectivity index (χ1v) is 14.7. The molecule has 0 bridgehead atoms. The Morgan fingerprint density at radius 1 is 1.03 bits per heavy atom. The number of alkyl carbamates (subject to hydrolysis) is 1. The Labute approximate surface area is 247 Å². The minimum Gasteiger partial charge on any atom is -0.469 e. The molecule has 0 aromatic rings. The van der Waals surface area contributed by atoms with Crippen molar-refractivity contribution in [2.24, 2.45) is 40.2 Å². The van der Waals surface area contributed by atoms with Crippen molar-refractivity contribution in [3.63, 3.8) is 0 Å². The van der Waals surface area contributed by atoms with E-state index in [2.05, 4.69) is 37.9 Å². The van der Waals surface area contributed by atoms with Gasteiger partial charge in [-0.25, -0.2) is 4.79 Å². The molecule has 4 N–H and O–H groups in total. The van der Waals surface area contributed by atoms with Gasteiger partial charge in [-0.3, -0.25) is 4.79 Å². The van der Waals surface area contributed by atoms with Crippen LogP contribution in [-0.4, -0.2) is 73.1 Å². The molecule has 0 saturated heterocycles. The van der Waals surface area contributed by atoms with Crippen molar-refractivity contribution in [2.75, 3.05) is 33.3 Å². The number of halogens is 2. The summed E-state index contributed by atoms with van der Waals surface area (Å²) in [5.41, 5.74) is 6.98. The fourth-order valence-corrected chi connectivity index (χ4v) is 9.15. The van der Waals surface area contributed by atoms with Crippen molar-refractivity contribution in [3.05, 3.63) is 0 Å². The van der Waals surface area contributed by atoms with Crippen molar-refractivity contribution in [1.29, 1.82) is 0 Å². The second-order valence-corrected chi connectivity index (χ2v) is 12.9. The number of fused-ring (bicyclic) bond motifs is 5. The molecular formula is C29H53Cl2N3O5. The predicted octanol–water partition coefficient (Wildman–Crippen LogP) is 4.54. The summed E-state index contributed by atoms with van der Waals surface area (Å²) in [6.45, 7) is 11.3. The van der Waals surface area contributed by atoms with Crippen LogP contribution in [0, 0.1) is 34.5 Å². The van der Waals surface area contributed by atoms with Gasteiger partial charge in [-0.15, -0.1) is 24.8 Å². The van der Waals surface area contributed by atoms with Gasteiger partial charge in [-0.2, -0.15) is 0 Å². The van der Waals surface area contributed by atoms with Crippen LogP contribution in [0.3, 0.4) is 0 Å². The maximum atomic E-state index is 12.6. The lowest BCUT2D eigenvalue weighted by Crippen LogP contribution is -2.66. The molecule has 228 valence electrons. The van der Waals surface area contributed by atoms with E-state index in [0.29, 0.717) is 24.3 Å². The normalized spacial score (nSPS) is 39.6. The van der Waals surface area contributed by atoms with Gasteiger partial charge in [0, 0.05) is 18.6 Å². The number of nitrogens with zero attached hydrogens (tertiary/aromatic N) is 1. The molecule has 0 spiro atoms. The Kier molecular flexibility index (Phi) is 11.9. The van der Waals surface area contributed by atoms with Gasteiger partial charge in [0.15, 0.2) is 0 Å². The zero-order chi connectivity index (χ0) is 27.0. The van der Waals surface area contributed by atoms with Crippen LogP contribution < -0.4 is 11.1 Å². The molecular weight excluding hydrogens is 541 g/mol. The van der Waals surface area contributed by atoms with E-state index in [-0.39, 0.29) is 65.7 Å². The summed E-state index contributed by atoms with van der Waals surface area (Å²) in [6, 6.07) is 0. The number of ether oxygens (including phenoxy) is 2. The highest BCUT2D eigenvalue weighted by Gasteiger charge is 2.67. The monoisotopic (exact) mass is 593 g/mol. The fourth-order valence-electron chi connectivity index (χ4n) is 9.15. The number of likely N-dealkylation sites (N-methyl/N-ethyl adjacent to an activating group) is 1. The molecule has 10 heteroatoms. The Bertz CT molecular complexity index is 848. The number of rotatable bonds is 8. The maximum absolute atomic E-state index is 12.6. The number of aliphatic hydroxyl groups is 1. The Hall–Kier alpha value is -0.800. The summed E-state index contributed by atoms with van der Waals surface area (Å²) < 4.78 is 11.0. The first-order valence-electron chi connectivity index (χ1n) is 14.7. The van der Waals surface area contributed by atoms with E-state index < -0.39 is 12.2 Å².